The van der Waals surface area contributed by atoms with Crippen molar-refractivity contribution in [3.05, 3.63) is 11.6 Å². The molecule has 0 fully saturated rings. The molecule has 1 heterocycles. The fourth-order valence-corrected chi connectivity index (χ4v) is 1.33. The van der Waals surface area contributed by atoms with Gasteiger partial charge in [-0.2, -0.15) is 0 Å². The van der Waals surface area contributed by atoms with E-state index in [-0.39, 0.29) is 0 Å². The number of hydrogen-bond donors (Lipinski definition) is 3. The molecule has 0 saturated heterocycles. The van der Waals surface area contributed by atoms with Crippen molar-refractivity contribution < 1.29 is 4.79 Å². The molecule has 4 nitrogen and oxygen atoms in total. The minimum atomic E-state index is -0.832. The van der Waals surface area contributed by atoms with Crippen LogP contribution in [-0.4, -0.2) is 17.3 Å². The highest BCUT2D eigenvalue weighted by Gasteiger charge is 2.33. The normalized spacial score (nSPS) is 33.4. The third kappa shape index (κ3) is 1.16. The topological polar surface area (TPSA) is 81.1 Å². The van der Waals surface area contributed by atoms with Crippen LogP contribution in [-0.2, 0) is 4.79 Å². The third-order valence-electron chi connectivity index (χ3n) is 1.28. The SMILES string of the molecule is NC(C=O)C1(N)NC=CS1. The van der Waals surface area contributed by atoms with E-state index < -0.39 is 11.0 Å². The Labute approximate surface area is 63.0 Å². The summed E-state index contributed by atoms with van der Waals surface area (Å²) in [6.07, 6.45) is 2.31. The second kappa shape index (κ2) is 2.61. The van der Waals surface area contributed by atoms with Crippen LogP contribution < -0.4 is 16.8 Å². The predicted octanol–water partition coefficient (Wildman–Crippen LogP) is -1.07. The second-order valence-corrected chi connectivity index (χ2v) is 3.20. The standard InChI is InChI=1S/C5H9N3OS/c6-4(3-9)5(7)8-1-2-10-5/h1-4,8H,6-7H2. The molecule has 0 aromatic rings. The Morgan fingerprint density at radius 3 is 2.90 bits per heavy atom. The van der Waals surface area contributed by atoms with Gasteiger partial charge in [-0.05, 0) is 5.41 Å². The van der Waals surface area contributed by atoms with Crippen LogP contribution in [0.25, 0.3) is 0 Å². The largest absolute Gasteiger partial charge is 0.363 e. The molecule has 0 aromatic carbocycles. The fourth-order valence-electron chi connectivity index (χ4n) is 0.621. The van der Waals surface area contributed by atoms with Gasteiger partial charge in [0.15, 0.2) is 4.99 Å². The zero-order valence-corrected chi connectivity index (χ0v) is 6.10. The van der Waals surface area contributed by atoms with Gasteiger partial charge in [0.25, 0.3) is 0 Å². The van der Waals surface area contributed by atoms with E-state index >= 15 is 0 Å². The summed E-state index contributed by atoms with van der Waals surface area (Å²) < 4.78 is 0. The molecule has 0 amide bonds. The molecule has 2 atom stereocenters. The van der Waals surface area contributed by atoms with Gasteiger partial charge in [0.05, 0.1) is 0 Å². The number of aldehydes is 1. The highest BCUT2D eigenvalue weighted by Crippen LogP contribution is 2.24. The molecular weight excluding hydrogens is 150 g/mol. The first-order valence-corrected chi connectivity index (χ1v) is 3.67. The highest BCUT2D eigenvalue weighted by atomic mass is 32.2. The molecule has 1 aliphatic rings. The molecule has 0 radical (unpaired) electrons. The predicted molar refractivity (Wildman–Crippen MR) is 40.8 cm³/mol. The van der Waals surface area contributed by atoms with E-state index in [1.54, 1.807) is 11.6 Å². The third-order valence-corrected chi connectivity index (χ3v) is 2.33. The molecule has 10 heavy (non-hydrogen) atoms. The van der Waals surface area contributed by atoms with E-state index in [4.69, 9.17) is 11.5 Å². The molecule has 0 saturated carbocycles. The summed E-state index contributed by atoms with van der Waals surface area (Å²) in [6.45, 7) is 0. The second-order valence-electron chi connectivity index (χ2n) is 2.02. The zero-order valence-electron chi connectivity index (χ0n) is 5.28. The van der Waals surface area contributed by atoms with Crippen LogP contribution >= 0.6 is 11.8 Å². The maximum absolute atomic E-state index is 10.2. The van der Waals surface area contributed by atoms with Crippen LogP contribution in [0.4, 0.5) is 0 Å². The fraction of sp³-hybridized carbons (Fsp3) is 0.400. The number of carbonyl (C=O) groups is 1. The lowest BCUT2D eigenvalue weighted by Crippen LogP contribution is -2.59. The van der Waals surface area contributed by atoms with Crippen LogP contribution in [0, 0.1) is 0 Å². The van der Waals surface area contributed by atoms with Crippen molar-refractivity contribution in [2.24, 2.45) is 11.5 Å². The van der Waals surface area contributed by atoms with E-state index in [1.807, 2.05) is 0 Å². The van der Waals surface area contributed by atoms with Gasteiger partial charge in [0.1, 0.15) is 12.3 Å². The van der Waals surface area contributed by atoms with Crippen molar-refractivity contribution in [3.63, 3.8) is 0 Å². The molecule has 56 valence electrons. The number of thioether (sulfide) groups is 1. The van der Waals surface area contributed by atoms with E-state index in [1.165, 1.54) is 11.8 Å². The van der Waals surface area contributed by atoms with Crippen molar-refractivity contribution in [1.82, 2.24) is 5.32 Å². The Morgan fingerprint density at radius 2 is 2.50 bits per heavy atom. The first kappa shape index (κ1) is 7.59. The number of nitrogens with two attached hydrogens (primary N) is 2. The van der Waals surface area contributed by atoms with Crippen LogP contribution in [0.2, 0.25) is 0 Å². The molecule has 0 aliphatic carbocycles. The minimum absolute atomic E-state index is 0.632. The summed E-state index contributed by atoms with van der Waals surface area (Å²) in [5, 5.41) is 4.55. The Balaban J connectivity index is 2.60. The molecule has 2 unspecified atom stereocenters. The van der Waals surface area contributed by atoms with Crippen molar-refractivity contribution >= 4 is 18.0 Å². The molecule has 0 aromatic heterocycles. The average molecular weight is 159 g/mol. The monoisotopic (exact) mass is 159 g/mol. The summed E-state index contributed by atoms with van der Waals surface area (Å²) in [4.78, 5) is 9.38. The van der Waals surface area contributed by atoms with Crippen molar-refractivity contribution in [2.75, 3.05) is 0 Å². The summed E-state index contributed by atoms with van der Waals surface area (Å²) in [5.41, 5.74) is 11.0. The summed E-state index contributed by atoms with van der Waals surface area (Å²) in [5.74, 6) is 0. The summed E-state index contributed by atoms with van der Waals surface area (Å²) in [7, 11) is 0. The van der Waals surface area contributed by atoms with E-state index in [0.717, 1.165) is 0 Å². The summed E-state index contributed by atoms with van der Waals surface area (Å²) in [6, 6.07) is -0.674. The highest BCUT2D eigenvalue weighted by molar-refractivity contribution is 8.03. The molecule has 0 spiro atoms. The van der Waals surface area contributed by atoms with E-state index in [2.05, 4.69) is 5.32 Å². The number of hydrogen-bond acceptors (Lipinski definition) is 5. The van der Waals surface area contributed by atoms with Crippen LogP contribution in [0.15, 0.2) is 11.6 Å². The Kier molecular flexibility index (Phi) is 1.98. The molecule has 1 rings (SSSR count). The quantitative estimate of drug-likeness (QED) is 0.447. The Bertz CT molecular complexity index is 162. The van der Waals surface area contributed by atoms with Gasteiger partial charge >= 0.3 is 0 Å². The molecule has 0 bridgehead atoms. The number of rotatable bonds is 2. The van der Waals surface area contributed by atoms with Gasteiger partial charge in [-0.15, -0.1) is 0 Å². The van der Waals surface area contributed by atoms with Gasteiger partial charge in [-0.3, -0.25) is 5.73 Å². The Hall–Kier alpha value is -0.520. The van der Waals surface area contributed by atoms with E-state index in [9.17, 15) is 4.79 Å². The molecule has 5 N–H and O–H groups in total. The molecular formula is C5H9N3OS. The lowest BCUT2D eigenvalue weighted by molar-refractivity contribution is -0.109. The van der Waals surface area contributed by atoms with E-state index in [0.29, 0.717) is 6.29 Å². The maximum Gasteiger partial charge on any atom is 0.160 e. The van der Waals surface area contributed by atoms with Crippen LogP contribution in [0.3, 0.4) is 0 Å². The number of nitrogens with one attached hydrogen (secondary N) is 1. The van der Waals surface area contributed by atoms with Gasteiger partial charge < -0.3 is 15.8 Å². The first-order chi connectivity index (χ1) is 4.69. The molecule has 5 heteroatoms. The van der Waals surface area contributed by atoms with Gasteiger partial charge in [0, 0.05) is 6.20 Å². The lowest BCUT2D eigenvalue weighted by atomic mass is 10.3. The maximum atomic E-state index is 10.2. The van der Waals surface area contributed by atoms with Crippen LogP contribution in [0.1, 0.15) is 0 Å². The lowest BCUT2D eigenvalue weighted by Gasteiger charge is -2.26. The Morgan fingerprint density at radius 1 is 1.80 bits per heavy atom. The smallest absolute Gasteiger partial charge is 0.160 e. The van der Waals surface area contributed by atoms with Gasteiger partial charge in [-0.1, -0.05) is 11.8 Å². The van der Waals surface area contributed by atoms with Crippen molar-refractivity contribution in [3.8, 4) is 0 Å². The zero-order chi connectivity index (χ0) is 7.61. The van der Waals surface area contributed by atoms with Crippen molar-refractivity contribution in [1.29, 1.82) is 0 Å². The van der Waals surface area contributed by atoms with Crippen LogP contribution in [0.5, 0.6) is 0 Å². The minimum Gasteiger partial charge on any atom is -0.363 e. The van der Waals surface area contributed by atoms with Crippen molar-refractivity contribution in [2.45, 2.75) is 11.0 Å². The van der Waals surface area contributed by atoms with Gasteiger partial charge in [-0.25, -0.2) is 0 Å². The summed E-state index contributed by atoms with van der Waals surface area (Å²) >= 11 is 1.31. The van der Waals surface area contributed by atoms with Gasteiger partial charge in [0.2, 0.25) is 0 Å². The number of carbonyl (C=O) groups excluding carboxylic acids is 1. The average Bonchev–Trinajstić information content (AvgIpc) is 2.36. The molecule has 1 aliphatic heterocycles. The first-order valence-electron chi connectivity index (χ1n) is 2.79.